The molecule has 0 unspecified atom stereocenters. The summed E-state index contributed by atoms with van der Waals surface area (Å²) in [6.07, 6.45) is 3.07. The predicted octanol–water partition coefficient (Wildman–Crippen LogP) is 3.12. The number of nitrogen functional groups attached to an aromatic ring is 1. The number of imidazole rings is 1. The molecule has 2 aromatic heterocycles. The Bertz CT molecular complexity index is 970. The number of allylic oxidation sites excluding steroid dienone is 1. The molecule has 2 heterocycles. The average molecular weight is 371 g/mol. The molecule has 0 amide bonds. The number of ether oxygens (including phenoxy) is 2. The second-order valence-electron chi connectivity index (χ2n) is 6.02. The Kier molecular flexibility index (Phi) is 5.54. The Morgan fingerprint density at radius 3 is 2.74 bits per heavy atom. The first-order valence-electron chi connectivity index (χ1n) is 8.57. The summed E-state index contributed by atoms with van der Waals surface area (Å²) in [6.45, 7) is 4.35. The first-order valence-corrected chi connectivity index (χ1v) is 8.57. The SMILES string of the molecule is C=CCCCn1c(Cc2cc(OC)ccc2OC)nc2c(N)nc(F)nc21. The number of benzene rings is 1. The quantitative estimate of drug-likeness (QED) is 0.372. The highest BCUT2D eigenvalue weighted by Gasteiger charge is 2.18. The molecule has 142 valence electrons. The molecule has 0 spiro atoms. The lowest BCUT2D eigenvalue weighted by molar-refractivity contribution is 0.399. The van der Waals surface area contributed by atoms with Gasteiger partial charge in [0.2, 0.25) is 0 Å². The van der Waals surface area contributed by atoms with Crippen molar-refractivity contribution in [2.75, 3.05) is 20.0 Å². The normalized spacial score (nSPS) is 10.9. The van der Waals surface area contributed by atoms with Crippen LogP contribution in [0.4, 0.5) is 10.2 Å². The molecule has 0 atom stereocenters. The third kappa shape index (κ3) is 3.84. The van der Waals surface area contributed by atoms with Crippen molar-refractivity contribution in [2.45, 2.75) is 25.8 Å². The van der Waals surface area contributed by atoms with E-state index in [4.69, 9.17) is 15.2 Å². The Morgan fingerprint density at radius 2 is 2.04 bits per heavy atom. The lowest BCUT2D eigenvalue weighted by Gasteiger charge is -2.12. The highest BCUT2D eigenvalue weighted by Crippen LogP contribution is 2.28. The minimum atomic E-state index is -0.865. The zero-order valence-electron chi connectivity index (χ0n) is 15.4. The van der Waals surface area contributed by atoms with E-state index in [-0.39, 0.29) is 5.82 Å². The molecule has 0 radical (unpaired) electrons. The maximum atomic E-state index is 13.7. The third-order valence-corrected chi connectivity index (χ3v) is 4.30. The third-order valence-electron chi connectivity index (χ3n) is 4.30. The van der Waals surface area contributed by atoms with Crippen molar-refractivity contribution in [3.05, 3.63) is 48.3 Å². The van der Waals surface area contributed by atoms with E-state index in [2.05, 4.69) is 21.5 Å². The van der Waals surface area contributed by atoms with Gasteiger partial charge in [0.05, 0.1) is 14.2 Å². The van der Waals surface area contributed by atoms with Crippen LogP contribution >= 0.6 is 0 Å². The van der Waals surface area contributed by atoms with Crippen LogP contribution < -0.4 is 15.2 Å². The van der Waals surface area contributed by atoms with Crippen LogP contribution in [-0.4, -0.2) is 33.7 Å². The van der Waals surface area contributed by atoms with Crippen molar-refractivity contribution in [2.24, 2.45) is 0 Å². The number of hydrogen-bond donors (Lipinski definition) is 1. The van der Waals surface area contributed by atoms with Gasteiger partial charge in [-0.25, -0.2) is 4.98 Å². The maximum Gasteiger partial charge on any atom is 0.312 e. The fraction of sp³-hybridized carbons (Fsp3) is 0.316. The van der Waals surface area contributed by atoms with Gasteiger partial charge >= 0.3 is 6.08 Å². The molecule has 0 aliphatic rings. The van der Waals surface area contributed by atoms with Crippen molar-refractivity contribution in [1.82, 2.24) is 19.5 Å². The van der Waals surface area contributed by atoms with Crippen LogP contribution in [0.1, 0.15) is 24.2 Å². The molecule has 1 aromatic carbocycles. The largest absolute Gasteiger partial charge is 0.497 e. The summed E-state index contributed by atoms with van der Waals surface area (Å²) < 4.78 is 26.4. The molecule has 0 aliphatic carbocycles. The number of nitrogens with zero attached hydrogens (tertiary/aromatic N) is 4. The fourth-order valence-corrected chi connectivity index (χ4v) is 2.99. The first kappa shape index (κ1) is 18.6. The molecule has 2 N–H and O–H groups in total. The van der Waals surface area contributed by atoms with E-state index in [0.717, 1.165) is 18.4 Å². The standard InChI is InChI=1S/C19H22FN5O2/c1-4-5-6-9-25-15(22-16-17(21)23-19(20)24-18(16)25)11-12-10-13(26-2)7-8-14(12)27-3/h4,7-8,10H,1,5-6,9,11H2,2-3H3,(H2,21,23,24). The van der Waals surface area contributed by atoms with Gasteiger partial charge in [-0.15, -0.1) is 6.58 Å². The summed E-state index contributed by atoms with van der Waals surface area (Å²) in [6, 6.07) is 5.56. The van der Waals surface area contributed by atoms with Crippen LogP contribution in [0.5, 0.6) is 11.5 Å². The van der Waals surface area contributed by atoms with Gasteiger partial charge in [-0.2, -0.15) is 14.4 Å². The molecule has 3 rings (SSSR count). The summed E-state index contributed by atoms with van der Waals surface area (Å²) in [5.74, 6) is 2.15. The molecule has 0 bridgehead atoms. The Balaban J connectivity index is 2.09. The minimum absolute atomic E-state index is 0.0267. The molecule has 0 aliphatic heterocycles. The number of anilines is 1. The second kappa shape index (κ2) is 8.03. The highest BCUT2D eigenvalue weighted by molar-refractivity contribution is 5.82. The summed E-state index contributed by atoms with van der Waals surface area (Å²) in [7, 11) is 3.21. The van der Waals surface area contributed by atoms with E-state index in [1.165, 1.54) is 0 Å². The second-order valence-corrected chi connectivity index (χ2v) is 6.02. The summed E-state index contributed by atoms with van der Waals surface area (Å²) in [5, 5.41) is 0. The van der Waals surface area contributed by atoms with E-state index in [1.54, 1.807) is 14.2 Å². The van der Waals surface area contributed by atoms with E-state index < -0.39 is 6.08 Å². The van der Waals surface area contributed by atoms with Crippen LogP contribution in [0.15, 0.2) is 30.9 Å². The van der Waals surface area contributed by atoms with Crippen LogP contribution in [0, 0.1) is 6.08 Å². The molecule has 0 saturated carbocycles. The van der Waals surface area contributed by atoms with Gasteiger partial charge in [-0.3, -0.25) is 0 Å². The van der Waals surface area contributed by atoms with Gasteiger partial charge in [-0.1, -0.05) is 6.08 Å². The van der Waals surface area contributed by atoms with Gasteiger partial charge in [0.15, 0.2) is 17.0 Å². The molecular weight excluding hydrogens is 349 g/mol. The smallest absolute Gasteiger partial charge is 0.312 e. The van der Waals surface area contributed by atoms with Gasteiger partial charge in [0, 0.05) is 18.5 Å². The zero-order chi connectivity index (χ0) is 19.4. The predicted molar refractivity (Wildman–Crippen MR) is 101 cm³/mol. The van der Waals surface area contributed by atoms with Crippen LogP contribution in [0.2, 0.25) is 0 Å². The van der Waals surface area contributed by atoms with E-state index in [9.17, 15) is 4.39 Å². The van der Waals surface area contributed by atoms with Crippen LogP contribution in [-0.2, 0) is 13.0 Å². The Hall–Kier alpha value is -3.16. The number of fused-ring (bicyclic) bond motifs is 1. The number of methoxy groups -OCH3 is 2. The lowest BCUT2D eigenvalue weighted by atomic mass is 10.1. The van der Waals surface area contributed by atoms with E-state index in [1.807, 2.05) is 28.8 Å². The lowest BCUT2D eigenvalue weighted by Crippen LogP contribution is -2.07. The number of hydrogen-bond acceptors (Lipinski definition) is 6. The number of nitrogens with two attached hydrogens (primary N) is 1. The van der Waals surface area contributed by atoms with Crippen molar-refractivity contribution in [3.63, 3.8) is 0 Å². The van der Waals surface area contributed by atoms with Gasteiger partial charge in [0.1, 0.15) is 17.3 Å². The number of aromatic nitrogens is 4. The van der Waals surface area contributed by atoms with Crippen molar-refractivity contribution < 1.29 is 13.9 Å². The number of halogens is 1. The van der Waals surface area contributed by atoms with Crippen molar-refractivity contribution in [1.29, 1.82) is 0 Å². The van der Waals surface area contributed by atoms with Gasteiger partial charge in [-0.05, 0) is 31.0 Å². The van der Waals surface area contributed by atoms with E-state index >= 15 is 0 Å². The number of rotatable bonds is 8. The molecule has 3 aromatic rings. The monoisotopic (exact) mass is 371 g/mol. The van der Waals surface area contributed by atoms with Crippen LogP contribution in [0.3, 0.4) is 0 Å². The topological polar surface area (TPSA) is 88.1 Å². The first-order chi connectivity index (χ1) is 13.1. The van der Waals surface area contributed by atoms with Gasteiger partial charge < -0.3 is 19.8 Å². The molecule has 0 saturated heterocycles. The molecule has 8 heteroatoms. The Morgan fingerprint density at radius 1 is 1.22 bits per heavy atom. The average Bonchev–Trinajstić information content (AvgIpc) is 2.99. The van der Waals surface area contributed by atoms with Crippen molar-refractivity contribution >= 4 is 17.0 Å². The number of aryl methyl sites for hydroxylation is 1. The maximum absolute atomic E-state index is 13.7. The fourth-order valence-electron chi connectivity index (χ4n) is 2.99. The van der Waals surface area contributed by atoms with Gasteiger partial charge in [0.25, 0.3) is 0 Å². The molecule has 27 heavy (non-hydrogen) atoms. The highest BCUT2D eigenvalue weighted by atomic mass is 19.1. The van der Waals surface area contributed by atoms with Crippen molar-refractivity contribution in [3.8, 4) is 11.5 Å². The minimum Gasteiger partial charge on any atom is -0.497 e. The molecular formula is C19H22FN5O2. The van der Waals surface area contributed by atoms with E-state index in [0.29, 0.717) is 41.5 Å². The summed E-state index contributed by atoms with van der Waals surface area (Å²) in [5.41, 5.74) is 7.54. The molecule has 7 nitrogen and oxygen atoms in total. The Labute approximate surface area is 156 Å². The number of unbranched alkanes of at least 4 members (excludes halogenated alkanes) is 1. The summed E-state index contributed by atoms with van der Waals surface area (Å²) in [4.78, 5) is 12.1. The summed E-state index contributed by atoms with van der Waals surface area (Å²) >= 11 is 0. The van der Waals surface area contributed by atoms with Crippen LogP contribution in [0.25, 0.3) is 11.2 Å². The molecule has 0 fully saturated rings. The zero-order valence-corrected chi connectivity index (χ0v) is 15.4.